The SMILES string of the molecule is CCCCCCn1c(NCc2cc(Br)cc(Br)c2O)nc2ccccc21. The van der Waals surface area contributed by atoms with Crippen LogP contribution in [0.4, 0.5) is 5.95 Å². The maximum absolute atomic E-state index is 10.3. The van der Waals surface area contributed by atoms with Gasteiger partial charge in [-0.15, -0.1) is 0 Å². The Balaban J connectivity index is 1.82. The molecule has 0 unspecified atom stereocenters. The first-order chi connectivity index (χ1) is 12.6. The van der Waals surface area contributed by atoms with E-state index in [9.17, 15) is 5.11 Å². The number of fused-ring (bicyclic) bond motifs is 1. The van der Waals surface area contributed by atoms with E-state index >= 15 is 0 Å². The summed E-state index contributed by atoms with van der Waals surface area (Å²) >= 11 is 6.86. The number of anilines is 1. The molecule has 1 aromatic heterocycles. The van der Waals surface area contributed by atoms with Gasteiger partial charge in [0.15, 0.2) is 0 Å². The number of nitrogens with one attached hydrogen (secondary N) is 1. The van der Waals surface area contributed by atoms with Gasteiger partial charge in [-0.1, -0.05) is 54.2 Å². The smallest absolute Gasteiger partial charge is 0.204 e. The highest BCUT2D eigenvalue weighted by Crippen LogP contribution is 2.32. The van der Waals surface area contributed by atoms with Crippen molar-refractivity contribution in [1.82, 2.24) is 9.55 Å². The minimum absolute atomic E-state index is 0.256. The van der Waals surface area contributed by atoms with Gasteiger partial charge in [-0.3, -0.25) is 0 Å². The van der Waals surface area contributed by atoms with Gasteiger partial charge < -0.3 is 15.0 Å². The molecule has 2 N–H and O–H groups in total. The monoisotopic (exact) mass is 479 g/mol. The van der Waals surface area contributed by atoms with Crippen molar-refractivity contribution in [3.63, 3.8) is 0 Å². The average molecular weight is 481 g/mol. The lowest BCUT2D eigenvalue weighted by Gasteiger charge is -2.12. The number of hydrogen-bond acceptors (Lipinski definition) is 3. The van der Waals surface area contributed by atoms with Gasteiger partial charge in [0.2, 0.25) is 5.95 Å². The molecule has 0 atom stereocenters. The summed E-state index contributed by atoms with van der Waals surface area (Å²) in [5.41, 5.74) is 2.95. The highest BCUT2D eigenvalue weighted by Gasteiger charge is 2.12. The van der Waals surface area contributed by atoms with Crippen molar-refractivity contribution in [2.75, 3.05) is 5.32 Å². The van der Waals surface area contributed by atoms with Crippen molar-refractivity contribution in [3.05, 3.63) is 50.9 Å². The van der Waals surface area contributed by atoms with Gasteiger partial charge in [0, 0.05) is 23.1 Å². The van der Waals surface area contributed by atoms with Crippen LogP contribution in [0.25, 0.3) is 11.0 Å². The number of imidazole rings is 1. The highest BCUT2D eigenvalue weighted by molar-refractivity contribution is 9.11. The first kappa shape index (κ1) is 19.2. The van der Waals surface area contributed by atoms with Gasteiger partial charge in [0.05, 0.1) is 15.5 Å². The maximum Gasteiger partial charge on any atom is 0.204 e. The molecule has 0 radical (unpaired) electrons. The van der Waals surface area contributed by atoms with Crippen LogP contribution in [0.3, 0.4) is 0 Å². The van der Waals surface area contributed by atoms with Crippen LogP contribution in [0, 0.1) is 0 Å². The Labute approximate surface area is 170 Å². The molecule has 1 heterocycles. The van der Waals surface area contributed by atoms with Crippen molar-refractivity contribution in [2.45, 2.75) is 45.7 Å². The number of nitrogens with zero attached hydrogens (tertiary/aromatic N) is 2. The van der Waals surface area contributed by atoms with Crippen LogP contribution in [-0.4, -0.2) is 14.7 Å². The zero-order chi connectivity index (χ0) is 18.5. The van der Waals surface area contributed by atoms with E-state index in [0.29, 0.717) is 11.0 Å². The minimum atomic E-state index is 0.256. The van der Waals surface area contributed by atoms with Gasteiger partial charge >= 0.3 is 0 Å². The summed E-state index contributed by atoms with van der Waals surface area (Å²) in [6.07, 6.45) is 4.85. The molecular weight excluding hydrogens is 458 g/mol. The molecule has 4 nitrogen and oxygen atoms in total. The molecule has 6 heteroatoms. The predicted octanol–water partition coefficient (Wildman–Crippen LogP) is 6.46. The Bertz CT molecular complexity index is 892. The molecule has 3 rings (SSSR count). The van der Waals surface area contributed by atoms with E-state index in [1.54, 1.807) is 0 Å². The zero-order valence-corrected chi connectivity index (χ0v) is 18.0. The number of aryl methyl sites for hydroxylation is 1. The molecule has 0 aliphatic rings. The molecule has 2 aromatic carbocycles. The summed E-state index contributed by atoms with van der Waals surface area (Å²) in [5.74, 6) is 1.10. The molecule has 0 saturated heterocycles. The average Bonchev–Trinajstić information content (AvgIpc) is 2.98. The number of unbranched alkanes of at least 4 members (excludes halogenated alkanes) is 3. The summed E-state index contributed by atoms with van der Waals surface area (Å²) in [5, 5.41) is 13.7. The molecule has 0 spiro atoms. The second kappa shape index (κ2) is 8.91. The Morgan fingerprint density at radius 1 is 1.12 bits per heavy atom. The third-order valence-electron chi connectivity index (χ3n) is 4.43. The lowest BCUT2D eigenvalue weighted by atomic mass is 10.2. The van der Waals surface area contributed by atoms with Crippen molar-refractivity contribution in [1.29, 1.82) is 0 Å². The fraction of sp³-hybridized carbons (Fsp3) is 0.350. The molecule has 0 aliphatic carbocycles. The van der Waals surface area contributed by atoms with Gasteiger partial charge in [-0.2, -0.15) is 0 Å². The molecule has 0 bridgehead atoms. The van der Waals surface area contributed by atoms with E-state index in [1.165, 1.54) is 19.3 Å². The van der Waals surface area contributed by atoms with E-state index in [4.69, 9.17) is 4.98 Å². The minimum Gasteiger partial charge on any atom is -0.506 e. The van der Waals surface area contributed by atoms with Gasteiger partial charge in [0.1, 0.15) is 5.75 Å². The third-order valence-corrected chi connectivity index (χ3v) is 5.50. The Hall–Kier alpha value is -1.53. The standard InChI is InChI=1S/C20H23Br2N3O/c1-2-3-4-7-10-25-18-9-6-5-8-17(18)24-20(25)23-13-14-11-15(21)12-16(22)19(14)26/h5-6,8-9,11-12,26H,2-4,7,10,13H2,1H3,(H,23,24). The second-order valence-electron chi connectivity index (χ2n) is 6.39. The predicted molar refractivity (Wildman–Crippen MR) is 115 cm³/mol. The lowest BCUT2D eigenvalue weighted by Crippen LogP contribution is -2.08. The fourth-order valence-corrected chi connectivity index (χ4v) is 4.38. The second-order valence-corrected chi connectivity index (χ2v) is 8.16. The van der Waals surface area contributed by atoms with Crippen LogP contribution in [0.2, 0.25) is 0 Å². The summed E-state index contributed by atoms with van der Waals surface area (Å²) in [6.45, 7) is 3.67. The van der Waals surface area contributed by atoms with Crippen LogP contribution < -0.4 is 5.32 Å². The summed E-state index contributed by atoms with van der Waals surface area (Å²) in [6, 6.07) is 12.0. The van der Waals surface area contributed by atoms with E-state index < -0.39 is 0 Å². The topological polar surface area (TPSA) is 50.1 Å². The third kappa shape index (κ3) is 4.41. The number of hydrogen-bond donors (Lipinski definition) is 2. The first-order valence-electron chi connectivity index (χ1n) is 8.96. The van der Waals surface area contributed by atoms with E-state index in [2.05, 4.69) is 54.7 Å². The number of para-hydroxylation sites is 2. The largest absolute Gasteiger partial charge is 0.506 e. The van der Waals surface area contributed by atoms with Crippen molar-refractivity contribution in [3.8, 4) is 5.75 Å². The highest BCUT2D eigenvalue weighted by atomic mass is 79.9. The van der Waals surface area contributed by atoms with Crippen LogP contribution in [-0.2, 0) is 13.1 Å². The zero-order valence-electron chi connectivity index (χ0n) is 14.8. The van der Waals surface area contributed by atoms with Crippen molar-refractivity contribution < 1.29 is 5.11 Å². The van der Waals surface area contributed by atoms with Gasteiger partial charge in [0.25, 0.3) is 0 Å². The quantitative estimate of drug-likeness (QED) is 0.363. The van der Waals surface area contributed by atoms with Crippen molar-refractivity contribution >= 4 is 48.8 Å². The van der Waals surface area contributed by atoms with Crippen LogP contribution in [0.1, 0.15) is 38.2 Å². The maximum atomic E-state index is 10.3. The lowest BCUT2D eigenvalue weighted by molar-refractivity contribution is 0.465. The number of aromatic hydroxyl groups is 1. The molecule has 0 saturated carbocycles. The number of phenols is 1. The van der Waals surface area contributed by atoms with E-state index in [0.717, 1.165) is 40.0 Å². The number of benzene rings is 2. The summed E-state index contributed by atoms with van der Waals surface area (Å²) in [4.78, 5) is 4.75. The van der Waals surface area contributed by atoms with Crippen molar-refractivity contribution in [2.24, 2.45) is 0 Å². The Morgan fingerprint density at radius 2 is 1.92 bits per heavy atom. The number of phenolic OH excluding ortho intramolecular Hbond substituents is 1. The Kier molecular flexibility index (Phi) is 6.59. The molecule has 138 valence electrons. The molecule has 26 heavy (non-hydrogen) atoms. The number of rotatable bonds is 8. The molecule has 0 aliphatic heterocycles. The van der Waals surface area contributed by atoms with Gasteiger partial charge in [-0.25, -0.2) is 4.98 Å². The number of aromatic nitrogens is 2. The van der Waals surface area contributed by atoms with Crippen LogP contribution in [0.15, 0.2) is 45.3 Å². The molecular formula is C20H23Br2N3O. The first-order valence-corrected chi connectivity index (χ1v) is 10.5. The van der Waals surface area contributed by atoms with E-state index in [1.807, 2.05) is 30.3 Å². The van der Waals surface area contributed by atoms with Crippen LogP contribution in [0.5, 0.6) is 5.75 Å². The summed E-state index contributed by atoms with van der Waals surface area (Å²) in [7, 11) is 0. The summed E-state index contributed by atoms with van der Waals surface area (Å²) < 4.78 is 3.85. The van der Waals surface area contributed by atoms with Gasteiger partial charge in [-0.05, 0) is 46.6 Å². The fourth-order valence-electron chi connectivity index (χ4n) is 3.06. The normalized spacial score (nSPS) is 11.2. The molecule has 0 fully saturated rings. The van der Waals surface area contributed by atoms with Crippen LogP contribution >= 0.6 is 31.9 Å². The number of halogens is 2. The molecule has 3 aromatic rings. The molecule has 0 amide bonds. The Morgan fingerprint density at radius 3 is 2.73 bits per heavy atom. The van der Waals surface area contributed by atoms with E-state index in [-0.39, 0.29) is 5.75 Å².